The summed E-state index contributed by atoms with van der Waals surface area (Å²) in [4.78, 5) is 0. The van der Waals surface area contributed by atoms with Gasteiger partial charge in [-0.15, -0.1) is 0 Å². The van der Waals surface area contributed by atoms with Crippen LogP contribution in [0.5, 0.6) is 0 Å². The summed E-state index contributed by atoms with van der Waals surface area (Å²) < 4.78 is 2.16. The first kappa shape index (κ1) is 8.06. The number of fused-ring (bicyclic) bond motifs is 1. The van der Waals surface area contributed by atoms with Gasteiger partial charge in [0.15, 0.2) is 0 Å². The summed E-state index contributed by atoms with van der Waals surface area (Å²) in [5.74, 6) is 0.736. The molecule has 14 heavy (non-hydrogen) atoms. The molecule has 0 atom stereocenters. The highest BCUT2D eigenvalue weighted by molar-refractivity contribution is 5.81. The van der Waals surface area contributed by atoms with E-state index in [9.17, 15) is 0 Å². The zero-order chi connectivity index (χ0) is 9.54. The Hall–Kier alpha value is -1.28. The van der Waals surface area contributed by atoms with Crippen LogP contribution in [-0.4, -0.2) is 17.7 Å². The molecule has 1 aromatic heterocycles. The largest absolute Gasteiger partial charge is 0.351 e. The molecule has 2 aromatic rings. The van der Waals surface area contributed by atoms with Crippen LogP contribution in [0, 0.1) is 0 Å². The van der Waals surface area contributed by atoms with Crippen LogP contribution in [0.3, 0.4) is 0 Å². The van der Waals surface area contributed by atoms with Crippen LogP contribution >= 0.6 is 0 Å². The van der Waals surface area contributed by atoms with E-state index in [-0.39, 0.29) is 0 Å². The Kier molecular flexibility index (Phi) is 1.64. The Balaban J connectivity index is 2.10. The number of benzene rings is 1. The fourth-order valence-electron chi connectivity index (χ4n) is 2.08. The lowest BCUT2D eigenvalue weighted by Crippen LogP contribution is -2.39. The SMILES string of the molecule is Cn1ccc2cc(C3CNC3)ccc21. The number of aryl methyl sites for hydroxylation is 1. The fourth-order valence-corrected chi connectivity index (χ4v) is 2.08. The van der Waals surface area contributed by atoms with Gasteiger partial charge in [0.05, 0.1) is 0 Å². The maximum absolute atomic E-state index is 3.31. The minimum Gasteiger partial charge on any atom is -0.351 e. The van der Waals surface area contributed by atoms with E-state index in [0.717, 1.165) is 19.0 Å². The standard InChI is InChI=1S/C12H14N2/c1-14-5-4-10-6-9(2-3-12(10)14)11-7-13-8-11/h2-6,11,13H,7-8H2,1H3. The summed E-state index contributed by atoms with van der Waals surface area (Å²) in [7, 11) is 2.09. The van der Waals surface area contributed by atoms with Gasteiger partial charge in [0.25, 0.3) is 0 Å². The van der Waals surface area contributed by atoms with E-state index in [2.05, 4.69) is 47.4 Å². The van der Waals surface area contributed by atoms with Crippen molar-refractivity contribution in [2.75, 3.05) is 13.1 Å². The number of nitrogens with zero attached hydrogens (tertiary/aromatic N) is 1. The van der Waals surface area contributed by atoms with Crippen LogP contribution < -0.4 is 5.32 Å². The Labute approximate surface area is 83.5 Å². The van der Waals surface area contributed by atoms with Gasteiger partial charge in [0.2, 0.25) is 0 Å². The van der Waals surface area contributed by atoms with Crippen LogP contribution in [0.15, 0.2) is 30.5 Å². The van der Waals surface area contributed by atoms with E-state index >= 15 is 0 Å². The number of hydrogen-bond acceptors (Lipinski definition) is 1. The zero-order valence-electron chi connectivity index (χ0n) is 8.33. The Bertz CT molecular complexity index is 466. The van der Waals surface area contributed by atoms with Crippen molar-refractivity contribution in [3.05, 3.63) is 36.0 Å². The second kappa shape index (κ2) is 2.85. The first-order chi connectivity index (χ1) is 6.84. The van der Waals surface area contributed by atoms with Crippen LogP contribution in [-0.2, 0) is 7.05 Å². The third-order valence-corrected chi connectivity index (χ3v) is 3.16. The molecule has 72 valence electrons. The minimum absolute atomic E-state index is 0.736. The predicted molar refractivity (Wildman–Crippen MR) is 58.5 cm³/mol. The lowest BCUT2D eigenvalue weighted by molar-refractivity contribution is 0.449. The van der Waals surface area contributed by atoms with Crippen molar-refractivity contribution in [2.24, 2.45) is 7.05 Å². The average Bonchev–Trinajstić information content (AvgIpc) is 2.45. The quantitative estimate of drug-likeness (QED) is 0.719. The Morgan fingerprint density at radius 3 is 2.86 bits per heavy atom. The normalized spacial score (nSPS) is 17.2. The van der Waals surface area contributed by atoms with Crippen molar-refractivity contribution < 1.29 is 0 Å². The molecule has 0 unspecified atom stereocenters. The van der Waals surface area contributed by atoms with E-state index in [0.29, 0.717) is 0 Å². The summed E-state index contributed by atoms with van der Waals surface area (Å²) in [6, 6.07) is 8.99. The van der Waals surface area contributed by atoms with Crippen molar-refractivity contribution in [3.8, 4) is 0 Å². The molecule has 0 saturated carbocycles. The third kappa shape index (κ3) is 1.07. The number of aromatic nitrogens is 1. The van der Waals surface area contributed by atoms with Crippen LogP contribution in [0.4, 0.5) is 0 Å². The molecule has 1 aliphatic heterocycles. The molecule has 1 N–H and O–H groups in total. The summed E-state index contributed by atoms with van der Waals surface area (Å²) in [5.41, 5.74) is 2.79. The molecule has 1 aliphatic rings. The predicted octanol–water partition coefficient (Wildman–Crippen LogP) is 1.87. The van der Waals surface area contributed by atoms with E-state index in [4.69, 9.17) is 0 Å². The maximum atomic E-state index is 3.31. The van der Waals surface area contributed by atoms with Gasteiger partial charge in [0, 0.05) is 37.8 Å². The van der Waals surface area contributed by atoms with Crippen molar-refractivity contribution in [2.45, 2.75) is 5.92 Å². The zero-order valence-corrected chi connectivity index (χ0v) is 8.33. The molecule has 0 radical (unpaired) electrons. The smallest absolute Gasteiger partial charge is 0.0477 e. The van der Waals surface area contributed by atoms with Crippen molar-refractivity contribution in [1.82, 2.24) is 9.88 Å². The van der Waals surface area contributed by atoms with Gasteiger partial charge >= 0.3 is 0 Å². The topological polar surface area (TPSA) is 17.0 Å². The molecule has 0 aliphatic carbocycles. The van der Waals surface area contributed by atoms with Crippen LogP contribution in [0.1, 0.15) is 11.5 Å². The first-order valence-electron chi connectivity index (χ1n) is 5.10. The lowest BCUT2D eigenvalue weighted by Gasteiger charge is -2.27. The van der Waals surface area contributed by atoms with E-state index in [1.165, 1.54) is 16.5 Å². The van der Waals surface area contributed by atoms with Gasteiger partial charge in [-0.05, 0) is 29.1 Å². The van der Waals surface area contributed by atoms with Crippen molar-refractivity contribution in [3.63, 3.8) is 0 Å². The van der Waals surface area contributed by atoms with Gasteiger partial charge in [-0.3, -0.25) is 0 Å². The van der Waals surface area contributed by atoms with E-state index in [1.54, 1.807) is 0 Å². The fraction of sp³-hybridized carbons (Fsp3) is 0.333. The third-order valence-electron chi connectivity index (χ3n) is 3.16. The average molecular weight is 186 g/mol. The number of hydrogen-bond donors (Lipinski definition) is 1. The van der Waals surface area contributed by atoms with Crippen LogP contribution in [0.25, 0.3) is 10.9 Å². The Morgan fingerprint density at radius 2 is 2.14 bits per heavy atom. The lowest BCUT2D eigenvalue weighted by atomic mass is 9.93. The summed E-state index contributed by atoms with van der Waals surface area (Å²) >= 11 is 0. The second-order valence-electron chi connectivity index (χ2n) is 4.10. The highest BCUT2D eigenvalue weighted by Crippen LogP contribution is 2.24. The number of nitrogens with one attached hydrogen (secondary N) is 1. The highest BCUT2D eigenvalue weighted by atomic mass is 14.9. The van der Waals surface area contributed by atoms with E-state index < -0.39 is 0 Å². The second-order valence-corrected chi connectivity index (χ2v) is 4.10. The molecular weight excluding hydrogens is 172 g/mol. The Morgan fingerprint density at radius 1 is 1.29 bits per heavy atom. The molecule has 0 spiro atoms. The van der Waals surface area contributed by atoms with Gasteiger partial charge in [-0.2, -0.15) is 0 Å². The molecule has 2 heterocycles. The van der Waals surface area contributed by atoms with Gasteiger partial charge in [-0.1, -0.05) is 6.07 Å². The summed E-state index contributed by atoms with van der Waals surface area (Å²) in [6.07, 6.45) is 2.12. The van der Waals surface area contributed by atoms with Crippen LogP contribution in [0.2, 0.25) is 0 Å². The molecule has 0 amide bonds. The molecular formula is C12H14N2. The van der Waals surface area contributed by atoms with Crippen molar-refractivity contribution >= 4 is 10.9 Å². The van der Waals surface area contributed by atoms with Gasteiger partial charge in [0.1, 0.15) is 0 Å². The molecule has 1 fully saturated rings. The molecule has 2 nitrogen and oxygen atoms in total. The minimum atomic E-state index is 0.736. The van der Waals surface area contributed by atoms with Crippen molar-refractivity contribution in [1.29, 1.82) is 0 Å². The summed E-state index contributed by atoms with van der Waals surface area (Å²) in [6.45, 7) is 2.27. The molecule has 3 rings (SSSR count). The molecule has 2 heteroatoms. The van der Waals surface area contributed by atoms with E-state index in [1.807, 2.05) is 0 Å². The van der Waals surface area contributed by atoms with Gasteiger partial charge in [-0.25, -0.2) is 0 Å². The highest BCUT2D eigenvalue weighted by Gasteiger charge is 2.18. The van der Waals surface area contributed by atoms with Gasteiger partial charge < -0.3 is 9.88 Å². The number of rotatable bonds is 1. The maximum Gasteiger partial charge on any atom is 0.0477 e. The monoisotopic (exact) mass is 186 g/mol. The summed E-state index contributed by atoms with van der Waals surface area (Å²) in [5, 5.41) is 4.67. The molecule has 0 bridgehead atoms. The first-order valence-corrected chi connectivity index (χ1v) is 5.10. The molecule has 1 saturated heterocycles. The molecule has 1 aromatic carbocycles.